The van der Waals surface area contributed by atoms with E-state index >= 15 is 0 Å². The number of amides is 2. The number of aromatic nitrogens is 1. The van der Waals surface area contributed by atoms with Crippen LogP contribution in [-0.4, -0.2) is 30.5 Å². The Morgan fingerprint density at radius 3 is 2.48 bits per heavy atom. The first-order chi connectivity index (χ1) is 11.2. The van der Waals surface area contributed by atoms with Crippen LogP contribution >= 0.6 is 0 Å². The number of hydrogen-bond acceptors (Lipinski definition) is 4. The molecule has 1 aromatic heterocycles. The highest BCUT2D eigenvalue weighted by Gasteiger charge is 2.07. The SMILES string of the molecule is COc1ccc(OCCCC(=O)NNC(=O)c2ccc[nH]2)cc1. The lowest BCUT2D eigenvalue weighted by atomic mass is 10.3. The number of benzene rings is 1. The van der Waals surface area contributed by atoms with Crippen LogP contribution in [0.3, 0.4) is 0 Å². The maximum atomic E-state index is 11.6. The molecule has 23 heavy (non-hydrogen) atoms. The molecule has 0 spiro atoms. The van der Waals surface area contributed by atoms with Gasteiger partial charge >= 0.3 is 0 Å². The molecule has 0 atom stereocenters. The van der Waals surface area contributed by atoms with Crippen molar-refractivity contribution in [3.05, 3.63) is 48.3 Å². The Morgan fingerprint density at radius 1 is 1.09 bits per heavy atom. The smallest absolute Gasteiger partial charge is 0.286 e. The Morgan fingerprint density at radius 2 is 1.83 bits per heavy atom. The van der Waals surface area contributed by atoms with Crippen LogP contribution in [0, 0.1) is 0 Å². The largest absolute Gasteiger partial charge is 0.497 e. The summed E-state index contributed by atoms with van der Waals surface area (Å²) in [7, 11) is 1.60. The van der Waals surface area contributed by atoms with E-state index in [-0.39, 0.29) is 12.3 Å². The van der Waals surface area contributed by atoms with E-state index in [4.69, 9.17) is 9.47 Å². The molecule has 2 amide bonds. The number of hydrazine groups is 1. The van der Waals surface area contributed by atoms with Gasteiger partial charge in [0, 0.05) is 12.6 Å². The van der Waals surface area contributed by atoms with Crippen molar-refractivity contribution in [1.29, 1.82) is 0 Å². The van der Waals surface area contributed by atoms with Gasteiger partial charge in [-0.1, -0.05) is 0 Å². The van der Waals surface area contributed by atoms with E-state index in [0.717, 1.165) is 5.75 Å². The van der Waals surface area contributed by atoms with E-state index < -0.39 is 5.91 Å². The van der Waals surface area contributed by atoms with Gasteiger partial charge in [0.25, 0.3) is 5.91 Å². The van der Waals surface area contributed by atoms with E-state index in [1.165, 1.54) is 0 Å². The van der Waals surface area contributed by atoms with Gasteiger partial charge in [0.15, 0.2) is 0 Å². The summed E-state index contributed by atoms with van der Waals surface area (Å²) in [6.07, 6.45) is 2.42. The number of rotatable bonds is 7. The number of ether oxygens (including phenoxy) is 2. The summed E-state index contributed by atoms with van der Waals surface area (Å²) in [6.45, 7) is 0.407. The van der Waals surface area contributed by atoms with Crippen molar-refractivity contribution in [3.8, 4) is 11.5 Å². The summed E-state index contributed by atoms with van der Waals surface area (Å²) < 4.78 is 10.6. The maximum absolute atomic E-state index is 11.6. The van der Waals surface area contributed by atoms with Crippen molar-refractivity contribution in [2.45, 2.75) is 12.8 Å². The predicted molar refractivity (Wildman–Crippen MR) is 84.1 cm³/mol. The van der Waals surface area contributed by atoms with E-state index in [9.17, 15) is 9.59 Å². The zero-order valence-corrected chi connectivity index (χ0v) is 12.8. The van der Waals surface area contributed by atoms with Crippen molar-refractivity contribution in [2.24, 2.45) is 0 Å². The van der Waals surface area contributed by atoms with E-state index in [0.29, 0.717) is 24.5 Å². The first-order valence-electron chi connectivity index (χ1n) is 7.18. The molecule has 122 valence electrons. The topological polar surface area (TPSA) is 92.4 Å². The third-order valence-corrected chi connectivity index (χ3v) is 3.03. The van der Waals surface area contributed by atoms with Crippen LogP contribution in [0.15, 0.2) is 42.6 Å². The van der Waals surface area contributed by atoms with Gasteiger partial charge in [-0.3, -0.25) is 20.4 Å². The third kappa shape index (κ3) is 5.39. The van der Waals surface area contributed by atoms with E-state index in [1.807, 2.05) is 0 Å². The second-order valence-electron chi connectivity index (χ2n) is 4.71. The Bertz CT molecular complexity index is 623. The number of hydrogen-bond donors (Lipinski definition) is 3. The highest BCUT2D eigenvalue weighted by atomic mass is 16.5. The normalized spacial score (nSPS) is 9.96. The fourth-order valence-electron chi connectivity index (χ4n) is 1.82. The Labute approximate surface area is 134 Å². The van der Waals surface area contributed by atoms with Crippen molar-refractivity contribution >= 4 is 11.8 Å². The summed E-state index contributed by atoms with van der Waals surface area (Å²) in [6, 6.07) is 10.5. The summed E-state index contributed by atoms with van der Waals surface area (Å²) in [5.41, 5.74) is 5.07. The molecule has 3 N–H and O–H groups in total. The molecule has 0 saturated carbocycles. The highest BCUT2D eigenvalue weighted by Crippen LogP contribution is 2.17. The minimum atomic E-state index is -0.391. The van der Waals surface area contributed by atoms with Crippen molar-refractivity contribution in [3.63, 3.8) is 0 Å². The minimum Gasteiger partial charge on any atom is -0.497 e. The second kappa shape index (κ2) is 8.47. The molecule has 0 unspecified atom stereocenters. The average molecular weight is 317 g/mol. The molecular formula is C16H19N3O4. The summed E-state index contributed by atoms with van der Waals surface area (Å²) in [4.78, 5) is 25.9. The molecule has 0 fully saturated rings. The zero-order chi connectivity index (χ0) is 16.5. The van der Waals surface area contributed by atoms with Crippen LogP contribution in [0.2, 0.25) is 0 Å². The molecule has 2 rings (SSSR count). The minimum absolute atomic E-state index is 0.251. The van der Waals surface area contributed by atoms with Gasteiger partial charge in [0.05, 0.1) is 13.7 Å². The molecule has 0 bridgehead atoms. The van der Waals surface area contributed by atoms with Crippen LogP contribution in [0.5, 0.6) is 11.5 Å². The summed E-state index contributed by atoms with van der Waals surface area (Å²) >= 11 is 0. The monoisotopic (exact) mass is 317 g/mol. The maximum Gasteiger partial charge on any atom is 0.286 e. The molecular weight excluding hydrogens is 298 g/mol. The number of H-pyrrole nitrogens is 1. The number of carbonyl (C=O) groups is 2. The van der Waals surface area contributed by atoms with Crippen LogP contribution in [0.4, 0.5) is 0 Å². The van der Waals surface area contributed by atoms with Gasteiger partial charge in [-0.25, -0.2) is 0 Å². The lowest BCUT2D eigenvalue weighted by Gasteiger charge is -2.08. The van der Waals surface area contributed by atoms with E-state index in [1.54, 1.807) is 49.7 Å². The van der Waals surface area contributed by atoms with Gasteiger partial charge in [-0.05, 0) is 42.8 Å². The Balaban J connectivity index is 1.60. The quantitative estimate of drug-likeness (QED) is 0.535. The van der Waals surface area contributed by atoms with Crippen molar-refractivity contribution in [1.82, 2.24) is 15.8 Å². The van der Waals surface area contributed by atoms with Crippen LogP contribution in [0.1, 0.15) is 23.3 Å². The lowest BCUT2D eigenvalue weighted by molar-refractivity contribution is -0.122. The van der Waals surface area contributed by atoms with Crippen molar-refractivity contribution < 1.29 is 19.1 Å². The molecule has 1 heterocycles. The van der Waals surface area contributed by atoms with Crippen molar-refractivity contribution in [2.75, 3.05) is 13.7 Å². The molecule has 2 aromatic rings. The van der Waals surface area contributed by atoms with Crippen LogP contribution < -0.4 is 20.3 Å². The Kier molecular flexibility index (Phi) is 6.05. The van der Waals surface area contributed by atoms with E-state index in [2.05, 4.69) is 15.8 Å². The number of methoxy groups -OCH3 is 1. The van der Waals surface area contributed by atoms with Gasteiger partial charge in [0.2, 0.25) is 5.91 Å². The number of carbonyl (C=O) groups excluding carboxylic acids is 2. The standard InChI is InChI=1S/C16H19N3O4/c1-22-12-6-8-13(9-7-12)23-11-3-5-15(20)18-19-16(21)14-4-2-10-17-14/h2,4,6-10,17H,3,5,11H2,1H3,(H,18,20)(H,19,21). The zero-order valence-electron chi connectivity index (χ0n) is 12.8. The third-order valence-electron chi connectivity index (χ3n) is 3.03. The first-order valence-corrected chi connectivity index (χ1v) is 7.18. The predicted octanol–water partition coefficient (Wildman–Crippen LogP) is 1.64. The fraction of sp³-hybridized carbons (Fsp3) is 0.250. The van der Waals surface area contributed by atoms with Crippen LogP contribution in [0.25, 0.3) is 0 Å². The molecule has 7 nitrogen and oxygen atoms in total. The highest BCUT2D eigenvalue weighted by molar-refractivity contribution is 5.93. The molecule has 0 aliphatic rings. The first kappa shape index (κ1) is 16.4. The fourth-order valence-corrected chi connectivity index (χ4v) is 1.82. The molecule has 0 saturated heterocycles. The Hall–Kier alpha value is -2.96. The van der Waals surface area contributed by atoms with Gasteiger partial charge in [-0.2, -0.15) is 0 Å². The molecule has 0 aliphatic heterocycles. The lowest BCUT2D eigenvalue weighted by Crippen LogP contribution is -2.41. The average Bonchev–Trinajstić information content (AvgIpc) is 3.12. The molecule has 0 radical (unpaired) electrons. The number of nitrogens with one attached hydrogen (secondary N) is 3. The van der Waals surface area contributed by atoms with Gasteiger partial charge in [0.1, 0.15) is 17.2 Å². The molecule has 0 aliphatic carbocycles. The van der Waals surface area contributed by atoms with Gasteiger partial charge in [-0.15, -0.1) is 0 Å². The molecule has 7 heteroatoms. The van der Waals surface area contributed by atoms with Crippen LogP contribution in [-0.2, 0) is 4.79 Å². The summed E-state index contributed by atoms with van der Waals surface area (Å²) in [5, 5.41) is 0. The second-order valence-corrected chi connectivity index (χ2v) is 4.71. The molecule has 1 aromatic carbocycles. The summed E-state index contributed by atoms with van der Waals surface area (Å²) in [5.74, 6) is 0.807. The number of aromatic amines is 1. The van der Waals surface area contributed by atoms with Gasteiger partial charge < -0.3 is 14.5 Å².